The summed E-state index contributed by atoms with van der Waals surface area (Å²) in [5.41, 5.74) is 13.0. The van der Waals surface area contributed by atoms with Crippen molar-refractivity contribution in [2.75, 3.05) is 0 Å². The third kappa shape index (κ3) is 6.26. The van der Waals surface area contributed by atoms with Crippen LogP contribution in [0.25, 0.3) is 72.5 Å². The topological polar surface area (TPSA) is 38.7 Å². The third-order valence-electron chi connectivity index (χ3n) is 11.8. The monoisotopic (exact) mass is 707 g/mol. The first-order chi connectivity index (χ1) is 27.2. The number of aromatic nitrogens is 3. The van der Waals surface area contributed by atoms with Crippen molar-refractivity contribution >= 4 is 27.6 Å². The van der Waals surface area contributed by atoms with E-state index in [-0.39, 0.29) is 5.92 Å². The van der Waals surface area contributed by atoms with Crippen molar-refractivity contribution in [3.63, 3.8) is 0 Å². The van der Waals surface area contributed by atoms with Crippen molar-refractivity contribution in [3.05, 3.63) is 193 Å². The van der Waals surface area contributed by atoms with Gasteiger partial charge in [0.05, 0.1) is 11.4 Å². The lowest BCUT2D eigenvalue weighted by molar-refractivity contribution is 0.435. The number of aryl methyl sites for hydroxylation is 1. The first-order valence-corrected chi connectivity index (χ1v) is 19.5. The van der Waals surface area contributed by atoms with Gasteiger partial charge in [-0.1, -0.05) is 159 Å². The van der Waals surface area contributed by atoms with Gasteiger partial charge in [-0.05, 0) is 97.8 Å². The summed E-state index contributed by atoms with van der Waals surface area (Å²) in [6, 6.07) is 50.1. The van der Waals surface area contributed by atoms with E-state index in [1.54, 1.807) is 0 Å². The Labute approximate surface area is 322 Å². The van der Waals surface area contributed by atoms with Crippen molar-refractivity contribution in [1.29, 1.82) is 0 Å². The molecular weight excluding hydrogens is 667 g/mol. The lowest BCUT2D eigenvalue weighted by Crippen LogP contribution is -2.19. The Balaban J connectivity index is 1.04. The van der Waals surface area contributed by atoms with Crippen LogP contribution in [0.15, 0.2) is 170 Å². The number of hydrogen-bond donors (Lipinski definition) is 0. The molecule has 264 valence electrons. The van der Waals surface area contributed by atoms with Gasteiger partial charge in [0.1, 0.15) is 0 Å². The predicted octanol–water partition coefficient (Wildman–Crippen LogP) is 13.3. The predicted molar refractivity (Wildman–Crippen MR) is 229 cm³/mol. The molecule has 55 heavy (non-hydrogen) atoms. The molecule has 2 aliphatic carbocycles. The van der Waals surface area contributed by atoms with Crippen LogP contribution in [0, 0.1) is 5.92 Å². The normalized spacial score (nSPS) is 17.7. The smallest absolute Gasteiger partial charge is 0.160 e. The maximum atomic E-state index is 5.33. The number of rotatable bonds is 6. The number of fused-ring (bicyclic) bond motifs is 4. The van der Waals surface area contributed by atoms with Crippen LogP contribution in [-0.4, -0.2) is 15.0 Å². The molecule has 0 N–H and O–H groups in total. The van der Waals surface area contributed by atoms with Crippen LogP contribution in [0.3, 0.4) is 0 Å². The van der Waals surface area contributed by atoms with Crippen molar-refractivity contribution < 1.29 is 0 Å². The molecule has 0 saturated heterocycles. The summed E-state index contributed by atoms with van der Waals surface area (Å²) in [6.07, 6.45) is 16.7. The summed E-state index contributed by atoms with van der Waals surface area (Å²) < 4.78 is 0. The zero-order valence-corrected chi connectivity index (χ0v) is 30.9. The second kappa shape index (κ2) is 14.1. The molecule has 3 atom stereocenters. The minimum absolute atomic E-state index is 0.182. The lowest BCUT2D eigenvalue weighted by atomic mass is 9.74. The maximum absolute atomic E-state index is 5.33. The van der Waals surface area contributed by atoms with Gasteiger partial charge >= 0.3 is 0 Å². The molecule has 0 spiro atoms. The number of hydrogen-bond acceptors (Lipinski definition) is 3. The van der Waals surface area contributed by atoms with E-state index < -0.39 is 0 Å². The Morgan fingerprint density at radius 1 is 0.582 bits per heavy atom. The van der Waals surface area contributed by atoms with E-state index in [1.165, 1.54) is 60.5 Å². The highest BCUT2D eigenvalue weighted by atomic mass is 14.9. The average molecular weight is 708 g/mol. The fraction of sp³-hybridized carbons (Fsp3) is 0.135. The Morgan fingerprint density at radius 2 is 1.27 bits per heavy atom. The van der Waals surface area contributed by atoms with Crippen molar-refractivity contribution in [1.82, 2.24) is 15.0 Å². The highest BCUT2D eigenvalue weighted by Gasteiger charge is 2.29. The molecule has 0 fully saturated rings. The van der Waals surface area contributed by atoms with E-state index in [0.29, 0.717) is 11.8 Å². The molecule has 3 heteroatoms. The summed E-state index contributed by atoms with van der Waals surface area (Å²) in [5.74, 6) is 1.69. The van der Waals surface area contributed by atoms with Gasteiger partial charge in [0.15, 0.2) is 5.82 Å². The fourth-order valence-corrected chi connectivity index (χ4v) is 8.83. The maximum Gasteiger partial charge on any atom is 0.160 e. The summed E-state index contributed by atoms with van der Waals surface area (Å²) in [5, 5.41) is 5.06. The zero-order valence-electron chi connectivity index (χ0n) is 30.9. The highest BCUT2D eigenvalue weighted by molar-refractivity contribution is 6.13. The highest BCUT2D eigenvalue weighted by Crippen LogP contribution is 2.43. The Hall–Kier alpha value is -6.45. The molecule has 2 aromatic heterocycles. The summed E-state index contributed by atoms with van der Waals surface area (Å²) in [6.45, 7) is 2.38. The molecule has 2 aliphatic rings. The molecule has 8 aromatic rings. The average Bonchev–Trinajstić information content (AvgIpc) is 3.26. The SMILES string of the molecule is C[C@@H]1CC(c2cc(-c3ccc(-c4ccccc4)cc3)nc(-c3ccc(-c4cc5ccccc5c5ccccc45)cc3)n2)C=C[C@@H]1c1cncc2c1C=CCC2. The molecule has 0 saturated carbocycles. The second-order valence-electron chi connectivity index (χ2n) is 15.2. The van der Waals surface area contributed by atoms with Gasteiger partial charge in [0.25, 0.3) is 0 Å². The van der Waals surface area contributed by atoms with Gasteiger partial charge in [-0.25, -0.2) is 9.97 Å². The zero-order chi connectivity index (χ0) is 36.7. The van der Waals surface area contributed by atoms with Gasteiger partial charge < -0.3 is 0 Å². The first-order valence-electron chi connectivity index (χ1n) is 19.5. The van der Waals surface area contributed by atoms with E-state index in [0.717, 1.165) is 47.6 Å². The van der Waals surface area contributed by atoms with E-state index >= 15 is 0 Å². The van der Waals surface area contributed by atoms with Crippen LogP contribution in [0.5, 0.6) is 0 Å². The van der Waals surface area contributed by atoms with E-state index in [9.17, 15) is 0 Å². The second-order valence-corrected chi connectivity index (χ2v) is 15.2. The van der Waals surface area contributed by atoms with Crippen molar-refractivity contribution in [3.8, 4) is 44.9 Å². The van der Waals surface area contributed by atoms with Crippen LogP contribution in [0.4, 0.5) is 0 Å². The van der Waals surface area contributed by atoms with Crippen LogP contribution >= 0.6 is 0 Å². The first kappa shape index (κ1) is 33.1. The van der Waals surface area contributed by atoms with Gasteiger partial charge in [-0.2, -0.15) is 0 Å². The molecule has 10 rings (SSSR count). The molecule has 0 amide bonds. The van der Waals surface area contributed by atoms with E-state index in [1.807, 2.05) is 0 Å². The van der Waals surface area contributed by atoms with Gasteiger partial charge in [0, 0.05) is 35.4 Å². The number of nitrogens with zero attached hydrogens (tertiary/aromatic N) is 3. The quantitative estimate of drug-likeness (QED) is 0.128. The summed E-state index contributed by atoms with van der Waals surface area (Å²) in [4.78, 5) is 15.2. The number of pyridine rings is 1. The Kier molecular flexibility index (Phi) is 8.48. The molecular formula is C52H41N3. The van der Waals surface area contributed by atoms with Gasteiger partial charge in [-0.3, -0.25) is 4.98 Å². The summed E-state index contributed by atoms with van der Waals surface area (Å²) >= 11 is 0. The van der Waals surface area contributed by atoms with Crippen LogP contribution < -0.4 is 0 Å². The third-order valence-corrected chi connectivity index (χ3v) is 11.8. The number of benzene rings is 6. The molecule has 3 nitrogen and oxygen atoms in total. The van der Waals surface area contributed by atoms with E-state index in [4.69, 9.17) is 9.97 Å². The molecule has 1 unspecified atom stereocenters. The minimum atomic E-state index is 0.182. The largest absolute Gasteiger partial charge is 0.264 e. The number of allylic oxidation sites excluding steroid dienone is 3. The molecule has 6 aromatic carbocycles. The van der Waals surface area contributed by atoms with Gasteiger partial charge in [-0.15, -0.1) is 0 Å². The Morgan fingerprint density at radius 3 is 2.09 bits per heavy atom. The van der Waals surface area contributed by atoms with Crippen molar-refractivity contribution in [2.24, 2.45) is 5.92 Å². The minimum Gasteiger partial charge on any atom is -0.264 e. The fourth-order valence-electron chi connectivity index (χ4n) is 8.83. The standard InChI is InChI=1S/C52H41N3/c1-34-29-41(27-28-43(34)49-33-53-32-42-14-6-8-16-45(42)49)51-31-50(38-23-19-36(20-24-38)35-11-3-2-4-12-35)54-52(55-51)39-25-21-37(22-26-39)48-30-40-13-5-7-15-44(40)46-17-9-10-18-47(46)48/h2-5,7-13,15-28,30-34,41,43H,6,14,29H2,1H3/t34-,41?,43+/m1/s1. The van der Waals surface area contributed by atoms with Gasteiger partial charge in [0.2, 0.25) is 0 Å². The summed E-state index contributed by atoms with van der Waals surface area (Å²) in [7, 11) is 0. The van der Waals surface area contributed by atoms with Crippen LogP contribution in [0.1, 0.15) is 54.0 Å². The Bertz CT molecular complexity index is 2740. The molecule has 0 aliphatic heterocycles. The van der Waals surface area contributed by atoms with Crippen molar-refractivity contribution in [2.45, 2.75) is 38.0 Å². The molecule has 0 radical (unpaired) electrons. The van der Waals surface area contributed by atoms with Crippen LogP contribution in [-0.2, 0) is 6.42 Å². The molecule has 2 heterocycles. The van der Waals surface area contributed by atoms with E-state index in [2.05, 4.69) is 188 Å². The molecule has 0 bridgehead atoms. The van der Waals surface area contributed by atoms with Crippen LogP contribution in [0.2, 0.25) is 0 Å². The lowest BCUT2D eigenvalue weighted by Gasteiger charge is -2.31.